The van der Waals surface area contributed by atoms with Gasteiger partial charge in [-0.2, -0.15) is 0 Å². The molecule has 0 aromatic rings. The maximum Gasteiger partial charge on any atom is 0.223 e. The van der Waals surface area contributed by atoms with Crippen molar-refractivity contribution in [2.75, 3.05) is 26.2 Å². The van der Waals surface area contributed by atoms with E-state index in [-0.39, 0.29) is 5.92 Å². The van der Waals surface area contributed by atoms with E-state index in [0.29, 0.717) is 23.8 Å². The summed E-state index contributed by atoms with van der Waals surface area (Å²) >= 11 is 0. The Morgan fingerprint density at radius 3 is 2.76 bits per heavy atom. The zero-order valence-electron chi connectivity index (χ0n) is 13.8. The lowest BCUT2D eigenvalue weighted by Crippen LogP contribution is -2.38. The minimum atomic E-state index is 0.234. The highest BCUT2D eigenvalue weighted by Crippen LogP contribution is 2.31. The van der Waals surface area contributed by atoms with E-state index in [1.807, 2.05) is 0 Å². The summed E-state index contributed by atoms with van der Waals surface area (Å²) in [6.45, 7) is 8.44. The quantitative estimate of drug-likeness (QED) is 0.788. The molecule has 1 heterocycles. The minimum absolute atomic E-state index is 0.234. The molecule has 1 saturated heterocycles. The lowest BCUT2D eigenvalue weighted by molar-refractivity contribution is -0.126. The summed E-state index contributed by atoms with van der Waals surface area (Å²) in [5.41, 5.74) is 5.65. The lowest BCUT2D eigenvalue weighted by atomic mass is 9.79. The van der Waals surface area contributed by atoms with Gasteiger partial charge in [-0.3, -0.25) is 4.79 Å². The molecule has 1 aliphatic carbocycles. The molecule has 21 heavy (non-hydrogen) atoms. The van der Waals surface area contributed by atoms with Crippen molar-refractivity contribution < 1.29 is 4.79 Å². The predicted octanol–water partition coefficient (Wildman–Crippen LogP) is 1.99. The summed E-state index contributed by atoms with van der Waals surface area (Å²) in [7, 11) is 0. The first kappa shape index (κ1) is 16.8. The average molecular weight is 295 g/mol. The van der Waals surface area contributed by atoms with Crippen molar-refractivity contribution >= 4 is 5.91 Å². The second-order valence-electron chi connectivity index (χ2n) is 7.30. The molecule has 4 heteroatoms. The van der Waals surface area contributed by atoms with Crippen LogP contribution >= 0.6 is 0 Å². The standard InChI is InChI=1S/C17H33N3O/c1-13(2)20-9-7-15(12-20)11-19-17(21)16-5-3-4-14(10-16)6-8-18/h13-16H,3-12,18H2,1-2H3,(H,19,21). The summed E-state index contributed by atoms with van der Waals surface area (Å²) in [6.07, 6.45) is 6.86. The summed E-state index contributed by atoms with van der Waals surface area (Å²) in [4.78, 5) is 14.9. The van der Waals surface area contributed by atoms with Crippen LogP contribution in [0.15, 0.2) is 0 Å². The van der Waals surface area contributed by atoms with Crippen LogP contribution in [-0.2, 0) is 4.79 Å². The van der Waals surface area contributed by atoms with Crippen LogP contribution in [0.1, 0.15) is 52.4 Å². The molecule has 3 unspecified atom stereocenters. The number of carbonyl (C=O) groups excluding carboxylic acids is 1. The molecule has 0 bridgehead atoms. The van der Waals surface area contributed by atoms with Gasteiger partial charge < -0.3 is 16.0 Å². The van der Waals surface area contributed by atoms with Crippen LogP contribution < -0.4 is 11.1 Å². The van der Waals surface area contributed by atoms with Gasteiger partial charge in [-0.25, -0.2) is 0 Å². The first-order chi connectivity index (χ1) is 10.1. The summed E-state index contributed by atoms with van der Waals surface area (Å²) in [6, 6.07) is 0.626. The van der Waals surface area contributed by atoms with Gasteiger partial charge in [0.25, 0.3) is 0 Å². The topological polar surface area (TPSA) is 58.4 Å². The monoisotopic (exact) mass is 295 g/mol. The third kappa shape index (κ3) is 4.96. The summed E-state index contributed by atoms with van der Waals surface area (Å²) < 4.78 is 0. The van der Waals surface area contributed by atoms with Gasteiger partial charge in [-0.1, -0.05) is 12.8 Å². The Morgan fingerprint density at radius 1 is 1.29 bits per heavy atom. The van der Waals surface area contributed by atoms with E-state index in [1.165, 1.54) is 25.8 Å². The molecular weight excluding hydrogens is 262 g/mol. The van der Waals surface area contributed by atoms with Crippen LogP contribution in [0.4, 0.5) is 0 Å². The molecule has 2 fully saturated rings. The average Bonchev–Trinajstić information content (AvgIpc) is 2.94. The molecule has 1 saturated carbocycles. The normalized spacial score (nSPS) is 30.8. The predicted molar refractivity (Wildman–Crippen MR) is 86.9 cm³/mol. The first-order valence-corrected chi connectivity index (χ1v) is 8.82. The number of hydrogen-bond donors (Lipinski definition) is 2. The molecule has 2 aliphatic rings. The largest absolute Gasteiger partial charge is 0.356 e. The fourth-order valence-electron chi connectivity index (χ4n) is 3.91. The number of nitrogens with one attached hydrogen (secondary N) is 1. The van der Waals surface area contributed by atoms with Crippen LogP contribution in [-0.4, -0.2) is 43.0 Å². The molecule has 1 amide bonds. The third-order valence-corrected chi connectivity index (χ3v) is 5.34. The van der Waals surface area contributed by atoms with Crippen molar-refractivity contribution in [1.29, 1.82) is 0 Å². The van der Waals surface area contributed by atoms with Crippen LogP contribution in [0.3, 0.4) is 0 Å². The Labute approximate surface area is 129 Å². The minimum Gasteiger partial charge on any atom is -0.356 e. The van der Waals surface area contributed by atoms with E-state index in [0.717, 1.165) is 38.9 Å². The van der Waals surface area contributed by atoms with Gasteiger partial charge >= 0.3 is 0 Å². The Hall–Kier alpha value is -0.610. The zero-order valence-corrected chi connectivity index (χ0v) is 13.8. The molecule has 0 spiro atoms. The van der Waals surface area contributed by atoms with Gasteiger partial charge in [0.05, 0.1) is 0 Å². The molecular formula is C17H33N3O. The molecule has 0 radical (unpaired) electrons. The van der Waals surface area contributed by atoms with E-state index in [1.54, 1.807) is 0 Å². The van der Waals surface area contributed by atoms with Crippen LogP contribution in [0.2, 0.25) is 0 Å². The van der Waals surface area contributed by atoms with Crippen molar-refractivity contribution in [3.63, 3.8) is 0 Å². The molecule has 3 atom stereocenters. The molecule has 1 aliphatic heterocycles. The Kier molecular flexibility index (Phi) is 6.49. The highest BCUT2D eigenvalue weighted by Gasteiger charge is 2.28. The number of likely N-dealkylation sites (tertiary alicyclic amines) is 1. The van der Waals surface area contributed by atoms with Gasteiger partial charge in [-0.15, -0.1) is 0 Å². The molecule has 0 aromatic carbocycles. The van der Waals surface area contributed by atoms with Gasteiger partial charge in [-0.05, 0) is 64.5 Å². The number of carbonyl (C=O) groups is 1. The van der Waals surface area contributed by atoms with Gasteiger partial charge in [0.1, 0.15) is 0 Å². The van der Waals surface area contributed by atoms with E-state index in [2.05, 4.69) is 24.1 Å². The number of nitrogens with two attached hydrogens (primary N) is 1. The number of nitrogens with zero attached hydrogens (tertiary/aromatic N) is 1. The number of rotatable bonds is 6. The third-order valence-electron chi connectivity index (χ3n) is 5.34. The second-order valence-corrected chi connectivity index (χ2v) is 7.30. The van der Waals surface area contributed by atoms with Crippen molar-refractivity contribution in [3.05, 3.63) is 0 Å². The van der Waals surface area contributed by atoms with E-state index in [9.17, 15) is 4.79 Å². The van der Waals surface area contributed by atoms with Crippen molar-refractivity contribution in [3.8, 4) is 0 Å². The van der Waals surface area contributed by atoms with Gasteiger partial charge in [0, 0.05) is 25.0 Å². The second kappa shape index (κ2) is 8.14. The Balaban J connectivity index is 1.70. The lowest BCUT2D eigenvalue weighted by Gasteiger charge is -2.28. The van der Waals surface area contributed by atoms with E-state index >= 15 is 0 Å². The van der Waals surface area contributed by atoms with Crippen LogP contribution in [0.25, 0.3) is 0 Å². The highest BCUT2D eigenvalue weighted by atomic mass is 16.1. The fraction of sp³-hybridized carbons (Fsp3) is 0.941. The van der Waals surface area contributed by atoms with Crippen molar-refractivity contribution in [1.82, 2.24) is 10.2 Å². The Morgan fingerprint density at radius 2 is 2.10 bits per heavy atom. The van der Waals surface area contributed by atoms with Crippen LogP contribution in [0, 0.1) is 17.8 Å². The van der Waals surface area contributed by atoms with Crippen molar-refractivity contribution in [2.45, 2.75) is 58.4 Å². The highest BCUT2D eigenvalue weighted by molar-refractivity contribution is 5.78. The van der Waals surface area contributed by atoms with Crippen molar-refractivity contribution in [2.24, 2.45) is 23.5 Å². The molecule has 4 nitrogen and oxygen atoms in total. The van der Waals surface area contributed by atoms with Gasteiger partial charge in [0.2, 0.25) is 5.91 Å². The first-order valence-electron chi connectivity index (χ1n) is 8.82. The Bertz CT molecular complexity index is 330. The fourth-order valence-corrected chi connectivity index (χ4v) is 3.91. The number of amides is 1. The van der Waals surface area contributed by atoms with E-state index < -0.39 is 0 Å². The van der Waals surface area contributed by atoms with Crippen LogP contribution in [0.5, 0.6) is 0 Å². The summed E-state index contributed by atoms with van der Waals surface area (Å²) in [5.74, 6) is 1.83. The molecule has 3 N–H and O–H groups in total. The SMILES string of the molecule is CC(C)N1CCC(CNC(=O)C2CCCC(CCN)C2)C1. The zero-order chi connectivity index (χ0) is 15.2. The molecule has 122 valence electrons. The van der Waals surface area contributed by atoms with Gasteiger partial charge in [0.15, 0.2) is 0 Å². The molecule has 0 aromatic heterocycles. The maximum absolute atomic E-state index is 12.4. The summed E-state index contributed by atoms with van der Waals surface area (Å²) in [5, 5.41) is 3.22. The number of hydrogen-bond acceptors (Lipinski definition) is 3. The van der Waals surface area contributed by atoms with E-state index in [4.69, 9.17) is 5.73 Å². The maximum atomic E-state index is 12.4. The molecule has 2 rings (SSSR count). The smallest absolute Gasteiger partial charge is 0.223 e.